The maximum Gasteiger partial charge on any atom is -0.00434 e. The van der Waals surface area contributed by atoms with E-state index < -0.39 is 0 Å². The van der Waals surface area contributed by atoms with Gasteiger partial charge in [0.25, 0.3) is 0 Å². The van der Waals surface area contributed by atoms with E-state index in [1.807, 2.05) is 0 Å². The van der Waals surface area contributed by atoms with Crippen molar-refractivity contribution in [3.05, 3.63) is 0 Å². The number of hydrogen-bond donors (Lipinski definition) is 2. The fraction of sp³-hybridized carbons (Fsp3) is 1.00. The highest BCUT2D eigenvalue weighted by Gasteiger charge is 2.66. The minimum absolute atomic E-state index is 0. The first-order valence-electron chi connectivity index (χ1n) is 4.72. The van der Waals surface area contributed by atoms with E-state index in [2.05, 4.69) is 20.8 Å². The zero-order chi connectivity index (χ0) is 8.28. The third-order valence-electron chi connectivity index (χ3n) is 4.76. The van der Waals surface area contributed by atoms with Crippen LogP contribution in [0.25, 0.3) is 0 Å². The first-order valence-corrected chi connectivity index (χ1v) is 4.72. The molecule has 2 nitrogen and oxygen atoms in total. The number of nitrogens with two attached hydrogens (primary N) is 1. The molecule has 3 unspecified atom stereocenters. The van der Waals surface area contributed by atoms with Crippen molar-refractivity contribution in [2.45, 2.75) is 33.6 Å². The average Bonchev–Trinajstić information content (AvgIpc) is 2.53. The molecule has 0 spiro atoms. The smallest absolute Gasteiger partial charge is 0.00434 e. The summed E-state index contributed by atoms with van der Waals surface area (Å²) in [5.74, 6) is 1.79. The van der Waals surface area contributed by atoms with Crippen LogP contribution >= 0.6 is 0 Å². The molecular formula is C10H22N2. The van der Waals surface area contributed by atoms with E-state index in [9.17, 15) is 0 Å². The van der Waals surface area contributed by atoms with Crippen molar-refractivity contribution in [2.24, 2.45) is 28.4 Å². The van der Waals surface area contributed by atoms with Crippen LogP contribution in [0.2, 0.25) is 0 Å². The maximum atomic E-state index is 5.75. The summed E-state index contributed by atoms with van der Waals surface area (Å²) < 4.78 is 0. The molecule has 72 valence electrons. The molecule has 2 saturated carbocycles. The maximum absolute atomic E-state index is 5.75. The molecule has 0 radical (unpaired) electrons. The third kappa shape index (κ3) is 0.882. The van der Waals surface area contributed by atoms with Crippen molar-refractivity contribution in [1.82, 2.24) is 6.15 Å². The van der Waals surface area contributed by atoms with Crippen LogP contribution in [0.3, 0.4) is 0 Å². The van der Waals surface area contributed by atoms with Crippen LogP contribution in [-0.2, 0) is 0 Å². The van der Waals surface area contributed by atoms with E-state index in [1.54, 1.807) is 0 Å². The Morgan fingerprint density at radius 3 is 2.17 bits per heavy atom. The van der Waals surface area contributed by atoms with Gasteiger partial charge in [0, 0.05) is 0 Å². The van der Waals surface area contributed by atoms with E-state index in [4.69, 9.17) is 5.73 Å². The summed E-state index contributed by atoms with van der Waals surface area (Å²) in [6.45, 7) is 8.13. The Hall–Kier alpha value is -0.0800. The van der Waals surface area contributed by atoms with Gasteiger partial charge in [0.1, 0.15) is 0 Å². The van der Waals surface area contributed by atoms with Crippen molar-refractivity contribution in [2.75, 3.05) is 6.54 Å². The van der Waals surface area contributed by atoms with Gasteiger partial charge in [0.2, 0.25) is 0 Å². The molecule has 0 saturated heterocycles. The molecule has 0 aliphatic heterocycles. The standard InChI is InChI=1S/C10H19N.H3N/c1-9(2)8(6-11)4-7-5-10(7,9)3;/h7-8H,4-6,11H2,1-3H3;1H3. The van der Waals surface area contributed by atoms with Gasteiger partial charge in [-0.05, 0) is 42.1 Å². The van der Waals surface area contributed by atoms with E-state index in [1.165, 1.54) is 12.8 Å². The van der Waals surface area contributed by atoms with Crippen LogP contribution in [0, 0.1) is 22.7 Å². The molecule has 2 fully saturated rings. The van der Waals surface area contributed by atoms with Gasteiger partial charge in [0.15, 0.2) is 0 Å². The highest BCUT2D eigenvalue weighted by atomic mass is 14.7. The molecule has 5 N–H and O–H groups in total. The van der Waals surface area contributed by atoms with Crippen LogP contribution in [0.1, 0.15) is 33.6 Å². The largest absolute Gasteiger partial charge is 0.344 e. The third-order valence-corrected chi connectivity index (χ3v) is 4.76. The zero-order valence-electron chi connectivity index (χ0n) is 8.56. The fourth-order valence-electron chi connectivity index (χ4n) is 3.08. The summed E-state index contributed by atoms with van der Waals surface area (Å²) in [7, 11) is 0. The molecular weight excluding hydrogens is 148 g/mol. The first kappa shape index (κ1) is 10.0. The minimum atomic E-state index is 0. The van der Waals surface area contributed by atoms with Crippen LogP contribution in [0.15, 0.2) is 0 Å². The van der Waals surface area contributed by atoms with Gasteiger partial charge in [-0.1, -0.05) is 20.8 Å². The predicted octanol–water partition coefficient (Wildman–Crippen LogP) is 2.18. The lowest BCUT2D eigenvalue weighted by atomic mass is 9.71. The van der Waals surface area contributed by atoms with E-state index in [0.717, 1.165) is 18.4 Å². The van der Waals surface area contributed by atoms with Gasteiger partial charge in [-0.3, -0.25) is 0 Å². The SMILES string of the molecule is CC1(C)C(CN)CC2CC21C.N. The molecule has 0 aromatic heterocycles. The Kier molecular flexibility index (Phi) is 2.05. The van der Waals surface area contributed by atoms with Gasteiger partial charge in [0.05, 0.1) is 0 Å². The Morgan fingerprint density at radius 2 is 1.92 bits per heavy atom. The second-order valence-corrected chi connectivity index (χ2v) is 5.21. The first-order chi connectivity index (χ1) is 5.02. The Balaban J connectivity index is 0.000000720. The molecule has 0 heterocycles. The van der Waals surface area contributed by atoms with Gasteiger partial charge < -0.3 is 11.9 Å². The molecule has 12 heavy (non-hydrogen) atoms. The quantitative estimate of drug-likeness (QED) is 0.633. The van der Waals surface area contributed by atoms with Crippen LogP contribution in [-0.4, -0.2) is 6.54 Å². The summed E-state index contributed by atoms with van der Waals surface area (Å²) in [6.07, 6.45) is 2.84. The molecule has 2 aliphatic carbocycles. The van der Waals surface area contributed by atoms with Crippen molar-refractivity contribution in [3.8, 4) is 0 Å². The molecule has 0 aromatic rings. The lowest BCUT2D eigenvalue weighted by Gasteiger charge is -2.34. The molecule has 2 heteroatoms. The average molecular weight is 170 g/mol. The van der Waals surface area contributed by atoms with E-state index >= 15 is 0 Å². The second kappa shape index (κ2) is 2.46. The summed E-state index contributed by atoms with van der Waals surface area (Å²) in [5.41, 5.74) is 6.91. The highest BCUT2D eigenvalue weighted by molar-refractivity contribution is 5.15. The topological polar surface area (TPSA) is 61.0 Å². The van der Waals surface area contributed by atoms with Crippen molar-refractivity contribution in [1.29, 1.82) is 0 Å². The minimum Gasteiger partial charge on any atom is -0.344 e. The van der Waals surface area contributed by atoms with Gasteiger partial charge in [-0.2, -0.15) is 0 Å². The molecule has 0 amide bonds. The predicted molar refractivity (Wildman–Crippen MR) is 52.2 cm³/mol. The molecule has 0 bridgehead atoms. The highest BCUT2D eigenvalue weighted by Crippen LogP contribution is 2.73. The van der Waals surface area contributed by atoms with Crippen LogP contribution in [0.5, 0.6) is 0 Å². The molecule has 2 aliphatic rings. The Morgan fingerprint density at radius 1 is 1.33 bits per heavy atom. The molecule has 3 atom stereocenters. The number of fused-ring (bicyclic) bond motifs is 1. The number of hydrogen-bond acceptors (Lipinski definition) is 2. The van der Waals surface area contributed by atoms with E-state index in [-0.39, 0.29) is 6.15 Å². The van der Waals surface area contributed by atoms with Crippen molar-refractivity contribution >= 4 is 0 Å². The Labute approximate surface area is 75.5 Å². The van der Waals surface area contributed by atoms with E-state index in [0.29, 0.717) is 10.8 Å². The normalized spacial score (nSPS) is 48.0. The molecule has 2 rings (SSSR count). The van der Waals surface area contributed by atoms with Gasteiger partial charge >= 0.3 is 0 Å². The lowest BCUT2D eigenvalue weighted by molar-refractivity contribution is 0.154. The summed E-state index contributed by atoms with van der Waals surface area (Å²) in [5, 5.41) is 0. The fourth-order valence-corrected chi connectivity index (χ4v) is 3.08. The van der Waals surface area contributed by atoms with Crippen molar-refractivity contribution < 1.29 is 0 Å². The number of rotatable bonds is 1. The summed E-state index contributed by atoms with van der Waals surface area (Å²) in [6, 6.07) is 0. The molecule has 0 aromatic carbocycles. The van der Waals surface area contributed by atoms with Gasteiger partial charge in [-0.15, -0.1) is 0 Å². The lowest BCUT2D eigenvalue weighted by Crippen LogP contribution is -2.32. The van der Waals surface area contributed by atoms with Crippen LogP contribution in [0.4, 0.5) is 0 Å². The van der Waals surface area contributed by atoms with Crippen LogP contribution < -0.4 is 11.9 Å². The second-order valence-electron chi connectivity index (χ2n) is 5.21. The summed E-state index contributed by atoms with van der Waals surface area (Å²) in [4.78, 5) is 0. The van der Waals surface area contributed by atoms with Crippen molar-refractivity contribution in [3.63, 3.8) is 0 Å². The summed E-state index contributed by atoms with van der Waals surface area (Å²) >= 11 is 0. The van der Waals surface area contributed by atoms with Gasteiger partial charge in [-0.25, -0.2) is 0 Å². The monoisotopic (exact) mass is 170 g/mol. The Bertz CT molecular complexity index is 188. The zero-order valence-corrected chi connectivity index (χ0v) is 8.56.